The van der Waals surface area contributed by atoms with Gasteiger partial charge in [0.2, 0.25) is 0 Å². The summed E-state index contributed by atoms with van der Waals surface area (Å²) in [5.74, 6) is 0.367. The van der Waals surface area contributed by atoms with Crippen LogP contribution in [0.15, 0.2) is 18.2 Å². The number of fused-ring (bicyclic) bond motifs is 1. The largest absolute Gasteiger partial charge is 0.416 e. The molecule has 7 heteroatoms. The van der Waals surface area contributed by atoms with E-state index in [1.165, 1.54) is 6.07 Å². The van der Waals surface area contributed by atoms with Gasteiger partial charge >= 0.3 is 6.18 Å². The highest BCUT2D eigenvalue weighted by molar-refractivity contribution is 5.77. The van der Waals surface area contributed by atoms with E-state index in [2.05, 4.69) is 4.98 Å². The van der Waals surface area contributed by atoms with E-state index in [0.29, 0.717) is 37.5 Å². The summed E-state index contributed by atoms with van der Waals surface area (Å²) < 4.78 is 45.3. The fourth-order valence-electron chi connectivity index (χ4n) is 2.35. The van der Waals surface area contributed by atoms with Gasteiger partial charge in [0.1, 0.15) is 11.9 Å². The first-order valence-electron chi connectivity index (χ1n) is 7.17. The van der Waals surface area contributed by atoms with Crippen LogP contribution in [0.3, 0.4) is 0 Å². The standard InChI is InChI=1S/C15H19F3N2O2/c1-3-22-8-4-7-20-13-6-5-11(15(16,17)18)9-12(13)19-14(20)10(2)21/h5-6,9-10,21H,3-4,7-8H2,1-2H3. The number of rotatable bonds is 6. The summed E-state index contributed by atoms with van der Waals surface area (Å²) in [6.45, 7) is 5.14. The number of hydrogen-bond acceptors (Lipinski definition) is 3. The van der Waals surface area contributed by atoms with Gasteiger partial charge in [0.15, 0.2) is 0 Å². The van der Waals surface area contributed by atoms with E-state index in [0.717, 1.165) is 12.1 Å². The number of hydrogen-bond donors (Lipinski definition) is 1. The molecule has 2 rings (SSSR count). The third-order valence-electron chi connectivity index (χ3n) is 3.35. The average molecular weight is 316 g/mol. The Morgan fingerprint density at radius 2 is 2.09 bits per heavy atom. The fraction of sp³-hybridized carbons (Fsp3) is 0.533. The lowest BCUT2D eigenvalue weighted by molar-refractivity contribution is -0.137. The second kappa shape index (κ2) is 6.66. The Balaban J connectivity index is 2.37. The highest BCUT2D eigenvalue weighted by Gasteiger charge is 2.31. The van der Waals surface area contributed by atoms with Crippen molar-refractivity contribution >= 4 is 11.0 Å². The number of aromatic nitrogens is 2. The van der Waals surface area contributed by atoms with Crippen LogP contribution in [-0.2, 0) is 17.5 Å². The van der Waals surface area contributed by atoms with Crippen LogP contribution in [0.2, 0.25) is 0 Å². The molecule has 2 aromatic rings. The molecule has 0 aliphatic rings. The minimum absolute atomic E-state index is 0.238. The van der Waals surface area contributed by atoms with Gasteiger partial charge < -0.3 is 14.4 Å². The van der Waals surface area contributed by atoms with Crippen molar-refractivity contribution in [2.24, 2.45) is 0 Å². The quantitative estimate of drug-likeness (QED) is 0.829. The van der Waals surface area contributed by atoms with Crippen molar-refractivity contribution < 1.29 is 23.0 Å². The van der Waals surface area contributed by atoms with Gasteiger partial charge in [0.25, 0.3) is 0 Å². The van der Waals surface area contributed by atoms with Gasteiger partial charge in [-0.05, 0) is 38.5 Å². The SMILES string of the molecule is CCOCCCn1c(C(C)O)nc2cc(C(F)(F)F)ccc21. The first-order valence-corrected chi connectivity index (χ1v) is 7.17. The zero-order valence-corrected chi connectivity index (χ0v) is 12.5. The number of benzene rings is 1. The van der Waals surface area contributed by atoms with E-state index in [-0.39, 0.29) is 5.52 Å². The van der Waals surface area contributed by atoms with Gasteiger partial charge in [-0.3, -0.25) is 0 Å². The van der Waals surface area contributed by atoms with Crippen LogP contribution < -0.4 is 0 Å². The summed E-state index contributed by atoms with van der Waals surface area (Å²) in [4.78, 5) is 4.16. The van der Waals surface area contributed by atoms with Crippen LogP contribution in [0.25, 0.3) is 11.0 Å². The first kappa shape index (κ1) is 16.8. The number of alkyl halides is 3. The molecule has 122 valence electrons. The normalized spacial score (nSPS) is 13.7. The average Bonchev–Trinajstić information content (AvgIpc) is 2.81. The molecule has 1 N–H and O–H groups in total. The number of ether oxygens (including phenoxy) is 1. The van der Waals surface area contributed by atoms with Crippen molar-refractivity contribution in [3.05, 3.63) is 29.6 Å². The van der Waals surface area contributed by atoms with Crippen LogP contribution in [-0.4, -0.2) is 27.9 Å². The maximum Gasteiger partial charge on any atom is 0.416 e. The fourth-order valence-corrected chi connectivity index (χ4v) is 2.35. The summed E-state index contributed by atoms with van der Waals surface area (Å²) in [6.07, 6.45) is -4.56. The van der Waals surface area contributed by atoms with Gasteiger partial charge in [0.05, 0.1) is 16.6 Å². The summed E-state index contributed by atoms with van der Waals surface area (Å²) in [7, 11) is 0. The molecule has 1 atom stereocenters. The Hall–Kier alpha value is -1.60. The van der Waals surface area contributed by atoms with Crippen molar-refractivity contribution in [3.8, 4) is 0 Å². The van der Waals surface area contributed by atoms with Gasteiger partial charge in [0, 0.05) is 19.8 Å². The summed E-state index contributed by atoms with van der Waals surface area (Å²) in [5, 5.41) is 9.80. The predicted molar refractivity (Wildman–Crippen MR) is 76.5 cm³/mol. The second-order valence-electron chi connectivity index (χ2n) is 5.05. The third-order valence-corrected chi connectivity index (χ3v) is 3.35. The smallest absolute Gasteiger partial charge is 0.385 e. The topological polar surface area (TPSA) is 47.3 Å². The molecule has 1 unspecified atom stereocenters. The molecule has 1 aromatic heterocycles. The minimum Gasteiger partial charge on any atom is -0.385 e. The van der Waals surface area contributed by atoms with Crippen molar-refractivity contribution in [2.75, 3.05) is 13.2 Å². The molecular formula is C15H19F3N2O2. The molecule has 0 spiro atoms. The minimum atomic E-state index is -4.40. The van der Waals surface area contributed by atoms with E-state index >= 15 is 0 Å². The Labute approximate surface area is 126 Å². The monoisotopic (exact) mass is 316 g/mol. The molecule has 1 heterocycles. The lowest BCUT2D eigenvalue weighted by Crippen LogP contribution is -2.09. The Kier molecular flexibility index (Phi) is 5.08. The number of nitrogens with zero attached hydrogens (tertiary/aromatic N) is 2. The van der Waals surface area contributed by atoms with Crippen molar-refractivity contribution in [1.29, 1.82) is 0 Å². The van der Waals surface area contributed by atoms with E-state index in [4.69, 9.17) is 4.74 Å². The first-order chi connectivity index (χ1) is 10.3. The summed E-state index contributed by atoms with van der Waals surface area (Å²) in [6, 6.07) is 3.45. The molecule has 0 aliphatic carbocycles. The second-order valence-corrected chi connectivity index (χ2v) is 5.05. The molecule has 0 fully saturated rings. The predicted octanol–water partition coefficient (Wildman–Crippen LogP) is 3.54. The van der Waals surface area contributed by atoms with Crippen LogP contribution in [0.4, 0.5) is 13.2 Å². The molecule has 0 amide bonds. The van der Waals surface area contributed by atoms with Gasteiger partial charge in [-0.1, -0.05) is 0 Å². The highest BCUT2D eigenvalue weighted by Crippen LogP contribution is 2.32. The lowest BCUT2D eigenvalue weighted by Gasteiger charge is -2.11. The van der Waals surface area contributed by atoms with Crippen LogP contribution in [0.1, 0.15) is 37.8 Å². The molecule has 0 bridgehead atoms. The number of aliphatic hydroxyl groups excluding tert-OH is 1. The molecule has 1 aromatic carbocycles. The number of aliphatic hydroxyl groups is 1. The number of aryl methyl sites for hydroxylation is 1. The van der Waals surface area contributed by atoms with E-state index < -0.39 is 17.8 Å². The molecule has 0 saturated carbocycles. The molecule has 0 saturated heterocycles. The number of halogens is 3. The highest BCUT2D eigenvalue weighted by atomic mass is 19.4. The zero-order chi connectivity index (χ0) is 16.3. The van der Waals surface area contributed by atoms with Gasteiger partial charge in [-0.15, -0.1) is 0 Å². The maximum absolute atomic E-state index is 12.8. The maximum atomic E-state index is 12.8. The third kappa shape index (κ3) is 3.59. The van der Waals surface area contributed by atoms with Crippen molar-refractivity contribution in [3.63, 3.8) is 0 Å². The molecule has 22 heavy (non-hydrogen) atoms. The summed E-state index contributed by atoms with van der Waals surface area (Å²) >= 11 is 0. The lowest BCUT2D eigenvalue weighted by atomic mass is 10.2. The number of imidazole rings is 1. The Morgan fingerprint density at radius 3 is 2.68 bits per heavy atom. The molecule has 0 radical (unpaired) electrons. The van der Waals surface area contributed by atoms with E-state index in [9.17, 15) is 18.3 Å². The Bertz CT molecular complexity index is 635. The molecule has 4 nitrogen and oxygen atoms in total. The van der Waals surface area contributed by atoms with Gasteiger partial charge in [-0.2, -0.15) is 13.2 Å². The van der Waals surface area contributed by atoms with Crippen LogP contribution >= 0.6 is 0 Å². The molecular weight excluding hydrogens is 297 g/mol. The van der Waals surface area contributed by atoms with E-state index in [1.807, 2.05) is 6.92 Å². The van der Waals surface area contributed by atoms with E-state index in [1.54, 1.807) is 11.5 Å². The summed E-state index contributed by atoms with van der Waals surface area (Å²) in [5.41, 5.74) is 0.0821. The van der Waals surface area contributed by atoms with Crippen molar-refractivity contribution in [1.82, 2.24) is 9.55 Å². The molecule has 0 aliphatic heterocycles. The Morgan fingerprint density at radius 1 is 1.36 bits per heavy atom. The zero-order valence-electron chi connectivity index (χ0n) is 12.5. The van der Waals surface area contributed by atoms with Gasteiger partial charge in [-0.25, -0.2) is 4.98 Å². The van der Waals surface area contributed by atoms with Crippen molar-refractivity contribution in [2.45, 2.75) is 39.1 Å². The van der Waals surface area contributed by atoms with Crippen LogP contribution in [0.5, 0.6) is 0 Å². The van der Waals surface area contributed by atoms with Crippen LogP contribution in [0, 0.1) is 0 Å².